The molecular formula is C23H36ClN3O2. The van der Waals surface area contributed by atoms with Gasteiger partial charge in [-0.3, -0.25) is 9.59 Å². The van der Waals surface area contributed by atoms with E-state index in [0.29, 0.717) is 12.3 Å². The Morgan fingerprint density at radius 2 is 1.76 bits per heavy atom. The van der Waals surface area contributed by atoms with Crippen LogP contribution in [0.2, 0.25) is 0 Å². The Morgan fingerprint density at radius 1 is 1.03 bits per heavy atom. The summed E-state index contributed by atoms with van der Waals surface area (Å²) in [5, 5.41) is 9.59. The lowest BCUT2D eigenvalue weighted by Gasteiger charge is -2.28. The molecule has 1 aromatic carbocycles. The molecule has 162 valence electrons. The van der Waals surface area contributed by atoms with Crippen molar-refractivity contribution in [2.75, 3.05) is 11.9 Å². The van der Waals surface area contributed by atoms with Crippen LogP contribution in [0.1, 0.15) is 70.3 Å². The van der Waals surface area contributed by atoms with Crippen LogP contribution < -0.4 is 16.0 Å². The molecule has 0 aliphatic heterocycles. The molecule has 3 N–H and O–H groups in total. The van der Waals surface area contributed by atoms with E-state index in [1.54, 1.807) is 0 Å². The Morgan fingerprint density at radius 3 is 2.45 bits per heavy atom. The molecule has 2 amide bonds. The van der Waals surface area contributed by atoms with Gasteiger partial charge in [0.2, 0.25) is 11.8 Å². The summed E-state index contributed by atoms with van der Waals surface area (Å²) >= 11 is 0. The lowest BCUT2D eigenvalue weighted by atomic mass is 9.85. The predicted molar refractivity (Wildman–Crippen MR) is 120 cm³/mol. The van der Waals surface area contributed by atoms with Gasteiger partial charge in [-0.1, -0.05) is 31.9 Å². The van der Waals surface area contributed by atoms with Crippen LogP contribution in [-0.2, 0) is 16.1 Å². The lowest BCUT2D eigenvalue weighted by molar-refractivity contribution is -0.123. The van der Waals surface area contributed by atoms with E-state index in [1.807, 2.05) is 18.2 Å². The van der Waals surface area contributed by atoms with Crippen molar-refractivity contribution in [2.24, 2.45) is 11.8 Å². The summed E-state index contributed by atoms with van der Waals surface area (Å²) in [7, 11) is 0. The van der Waals surface area contributed by atoms with Gasteiger partial charge in [-0.15, -0.1) is 12.4 Å². The van der Waals surface area contributed by atoms with Gasteiger partial charge >= 0.3 is 0 Å². The van der Waals surface area contributed by atoms with Gasteiger partial charge < -0.3 is 16.0 Å². The Bertz CT molecular complexity index is 653. The Kier molecular flexibility index (Phi) is 9.95. The first-order chi connectivity index (χ1) is 13.6. The SMILES string of the molecule is CCNCc1cccc(NC(=O)C2CCC(NC(=O)CC3CCCC3)CC2)c1.Cl. The number of anilines is 1. The molecule has 1 aromatic rings. The van der Waals surface area contributed by atoms with Crippen molar-refractivity contribution in [2.45, 2.75) is 77.3 Å². The molecule has 0 saturated heterocycles. The molecular weight excluding hydrogens is 386 g/mol. The highest BCUT2D eigenvalue weighted by atomic mass is 35.5. The largest absolute Gasteiger partial charge is 0.353 e. The summed E-state index contributed by atoms with van der Waals surface area (Å²) in [6.07, 6.45) is 9.13. The molecule has 2 aliphatic carbocycles. The van der Waals surface area contributed by atoms with Crippen LogP contribution in [0.3, 0.4) is 0 Å². The van der Waals surface area contributed by atoms with Gasteiger partial charge in [0.15, 0.2) is 0 Å². The zero-order valence-electron chi connectivity index (χ0n) is 17.5. The number of carbonyl (C=O) groups is 2. The van der Waals surface area contributed by atoms with Crippen LogP contribution in [0, 0.1) is 11.8 Å². The maximum Gasteiger partial charge on any atom is 0.227 e. The molecule has 6 heteroatoms. The topological polar surface area (TPSA) is 70.2 Å². The van der Waals surface area contributed by atoms with Crippen molar-refractivity contribution in [3.8, 4) is 0 Å². The Balaban J connectivity index is 0.00000300. The number of rotatable bonds is 8. The first-order valence-electron chi connectivity index (χ1n) is 11.0. The average molecular weight is 422 g/mol. The maximum atomic E-state index is 12.6. The first-order valence-corrected chi connectivity index (χ1v) is 11.0. The first kappa shape index (κ1) is 23.7. The van der Waals surface area contributed by atoms with Crippen LogP contribution in [0.15, 0.2) is 24.3 Å². The quantitative estimate of drug-likeness (QED) is 0.582. The fraction of sp³-hybridized carbons (Fsp3) is 0.652. The minimum atomic E-state index is 0. The van der Waals surface area contributed by atoms with Crippen molar-refractivity contribution in [3.05, 3.63) is 29.8 Å². The smallest absolute Gasteiger partial charge is 0.227 e. The minimum Gasteiger partial charge on any atom is -0.353 e. The van der Waals surface area contributed by atoms with Crippen LogP contribution >= 0.6 is 12.4 Å². The molecule has 2 saturated carbocycles. The van der Waals surface area contributed by atoms with E-state index in [4.69, 9.17) is 0 Å². The molecule has 0 spiro atoms. The number of carbonyl (C=O) groups excluding carboxylic acids is 2. The predicted octanol–water partition coefficient (Wildman–Crippen LogP) is 4.41. The molecule has 3 rings (SSSR count). The molecule has 0 bridgehead atoms. The average Bonchev–Trinajstić information content (AvgIpc) is 3.20. The number of benzene rings is 1. The molecule has 0 radical (unpaired) electrons. The van der Waals surface area contributed by atoms with Gasteiger partial charge in [-0.05, 0) is 68.7 Å². The molecule has 0 aromatic heterocycles. The molecule has 0 heterocycles. The summed E-state index contributed by atoms with van der Waals surface area (Å²) in [5.74, 6) is 0.944. The van der Waals surface area contributed by atoms with E-state index >= 15 is 0 Å². The van der Waals surface area contributed by atoms with Gasteiger partial charge in [0.25, 0.3) is 0 Å². The van der Waals surface area contributed by atoms with Gasteiger partial charge in [0, 0.05) is 30.6 Å². The van der Waals surface area contributed by atoms with Crippen molar-refractivity contribution >= 4 is 29.9 Å². The van der Waals surface area contributed by atoms with E-state index in [9.17, 15) is 9.59 Å². The number of amides is 2. The molecule has 0 atom stereocenters. The van der Waals surface area contributed by atoms with Crippen molar-refractivity contribution in [3.63, 3.8) is 0 Å². The monoisotopic (exact) mass is 421 g/mol. The van der Waals surface area contributed by atoms with E-state index in [-0.39, 0.29) is 36.2 Å². The van der Waals surface area contributed by atoms with Crippen LogP contribution in [-0.4, -0.2) is 24.4 Å². The lowest BCUT2D eigenvalue weighted by Crippen LogP contribution is -2.40. The number of hydrogen-bond acceptors (Lipinski definition) is 3. The van der Waals surface area contributed by atoms with Crippen LogP contribution in [0.5, 0.6) is 0 Å². The second-order valence-electron chi connectivity index (χ2n) is 8.44. The third kappa shape index (κ3) is 7.63. The van der Waals surface area contributed by atoms with E-state index in [1.165, 1.54) is 31.2 Å². The Labute approximate surface area is 181 Å². The number of hydrogen-bond donors (Lipinski definition) is 3. The van der Waals surface area contributed by atoms with Crippen molar-refractivity contribution in [1.82, 2.24) is 10.6 Å². The van der Waals surface area contributed by atoms with Gasteiger partial charge in [0.1, 0.15) is 0 Å². The number of halogens is 1. The summed E-state index contributed by atoms with van der Waals surface area (Å²) < 4.78 is 0. The van der Waals surface area contributed by atoms with Gasteiger partial charge in [0.05, 0.1) is 0 Å². The molecule has 2 fully saturated rings. The fourth-order valence-corrected chi connectivity index (χ4v) is 4.54. The maximum absolute atomic E-state index is 12.6. The van der Waals surface area contributed by atoms with E-state index in [2.05, 4.69) is 28.9 Å². The van der Waals surface area contributed by atoms with Crippen molar-refractivity contribution < 1.29 is 9.59 Å². The van der Waals surface area contributed by atoms with E-state index in [0.717, 1.165) is 44.5 Å². The van der Waals surface area contributed by atoms with Crippen molar-refractivity contribution in [1.29, 1.82) is 0 Å². The summed E-state index contributed by atoms with van der Waals surface area (Å²) in [4.78, 5) is 24.9. The highest BCUT2D eigenvalue weighted by molar-refractivity contribution is 5.92. The number of nitrogens with one attached hydrogen (secondary N) is 3. The molecule has 29 heavy (non-hydrogen) atoms. The zero-order chi connectivity index (χ0) is 19.8. The standard InChI is InChI=1S/C23H35N3O2.ClH/c1-2-24-16-18-8-5-9-21(14-18)26-23(28)19-10-12-20(13-11-19)25-22(27)15-17-6-3-4-7-17;/h5,8-9,14,17,19-20,24H,2-4,6-7,10-13,15-16H2,1H3,(H,25,27)(H,26,28);1H. The summed E-state index contributed by atoms with van der Waals surface area (Å²) in [6.45, 7) is 3.82. The second-order valence-corrected chi connectivity index (χ2v) is 8.44. The van der Waals surface area contributed by atoms with Crippen LogP contribution in [0.25, 0.3) is 0 Å². The second kappa shape index (κ2) is 12.2. The third-order valence-electron chi connectivity index (χ3n) is 6.19. The third-order valence-corrected chi connectivity index (χ3v) is 6.19. The molecule has 0 unspecified atom stereocenters. The normalized spacial score (nSPS) is 22.0. The summed E-state index contributed by atoms with van der Waals surface area (Å²) in [6, 6.07) is 8.27. The zero-order valence-corrected chi connectivity index (χ0v) is 18.4. The highest BCUT2D eigenvalue weighted by Crippen LogP contribution is 2.29. The molecule has 5 nitrogen and oxygen atoms in total. The summed E-state index contributed by atoms with van der Waals surface area (Å²) in [5.41, 5.74) is 2.04. The highest BCUT2D eigenvalue weighted by Gasteiger charge is 2.28. The van der Waals surface area contributed by atoms with Crippen LogP contribution in [0.4, 0.5) is 5.69 Å². The van der Waals surface area contributed by atoms with E-state index < -0.39 is 0 Å². The Hall–Kier alpha value is -1.59. The van der Waals surface area contributed by atoms with Gasteiger partial charge in [-0.25, -0.2) is 0 Å². The van der Waals surface area contributed by atoms with Gasteiger partial charge in [-0.2, -0.15) is 0 Å². The molecule has 2 aliphatic rings. The fourth-order valence-electron chi connectivity index (χ4n) is 4.54. The minimum absolute atomic E-state index is 0.